The van der Waals surface area contributed by atoms with Crippen LogP contribution < -0.4 is 5.32 Å². The van der Waals surface area contributed by atoms with Crippen molar-refractivity contribution >= 4 is 23.8 Å². The second-order valence-corrected chi connectivity index (χ2v) is 8.19. The first-order valence-corrected chi connectivity index (χ1v) is 9.91. The van der Waals surface area contributed by atoms with Crippen LogP contribution in [0.1, 0.15) is 52.4 Å². The Hall–Kier alpha value is -2.12. The third-order valence-electron chi connectivity index (χ3n) is 6.16. The van der Waals surface area contributed by atoms with Crippen molar-refractivity contribution in [1.29, 1.82) is 0 Å². The van der Waals surface area contributed by atoms with Crippen molar-refractivity contribution in [2.24, 2.45) is 11.8 Å². The summed E-state index contributed by atoms with van der Waals surface area (Å²) in [4.78, 5) is 52.0. The molecule has 3 atom stereocenters. The number of piperidine rings is 1. The Labute approximate surface area is 159 Å². The molecule has 0 aromatic heterocycles. The molecule has 4 amide bonds. The number of esters is 1. The number of rotatable bonds is 4. The lowest BCUT2D eigenvalue weighted by Gasteiger charge is -2.36. The summed E-state index contributed by atoms with van der Waals surface area (Å²) in [6.45, 7) is 4.58. The molecule has 0 aromatic carbocycles. The maximum Gasteiger partial charge on any atom is 0.326 e. The molecular weight excluding hydrogens is 350 g/mol. The molecule has 0 aromatic rings. The topological polar surface area (TPSA) is 96.0 Å². The fourth-order valence-electron chi connectivity index (χ4n) is 4.46. The van der Waals surface area contributed by atoms with E-state index < -0.39 is 24.1 Å². The van der Waals surface area contributed by atoms with Gasteiger partial charge in [-0.15, -0.1) is 0 Å². The Balaban J connectivity index is 1.52. The molecule has 0 radical (unpaired) electrons. The zero-order valence-electron chi connectivity index (χ0n) is 16.2. The van der Waals surface area contributed by atoms with Crippen molar-refractivity contribution in [3.8, 4) is 0 Å². The van der Waals surface area contributed by atoms with Crippen LogP contribution in [0.4, 0.5) is 4.79 Å². The van der Waals surface area contributed by atoms with Crippen LogP contribution in [-0.4, -0.2) is 65.4 Å². The van der Waals surface area contributed by atoms with Gasteiger partial charge in [-0.05, 0) is 37.5 Å². The molecule has 8 heteroatoms. The number of hydrogen-bond donors (Lipinski definition) is 1. The number of nitrogens with zero attached hydrogens (tertiary/aromatic N) is 2. The van der Waals surface area contributed by atoms with Gasteiger partial charge in [0.25, 0.3) is 11.8 Å². The van der Waals surface area contributed by atoms with Gasteiger partial charge in [-0.3, -0.25) is 19.3 Å². The molecule has 1 N–H and O–H groups in total. The predicted molar refractivity (Wildman–Crippen MR) is 96.5 cm³/mol. The number of hydrogen-bond acceptors (Lipinski definition) is 5. The van der Waals surface area contributed by atoms with Crippen LogP contribution in [0.5, 0.6) is 0 Å². The molecule has 1 aliphatic carbocycles. The highest BCUT2D eigenvalue weighted by Crippen LogP contribution is 2.38. The number of amides is 4. The maximum atomic E-state index is 12.8. The molecule has 0 bridgehead atoms. The lowest BCUT2D eigenvalue weighted by Crippen LogP contribution is -2.54. The summed E-state index contributed by atoms with van der Waals surface area (Å²) >= 11 is 0. The van der Waals surface area contributed by atoms with Gasteiger partial charge in [0.15, 0.2) is 6.61 Å². The number of ether oxygens (including phenoxy) is 1. The smallest absolute Gasteiger partial charge is 0.326 e. The minimum atomic E-state index is -0.893. The summed E-state index contributed by atoms with van der Waals surface area (Å²) in [7, 11) is 0. The Morgan fingerprint density at radius 3 is 2.67 bits per heavy atom. The van der Waals surface area contributed by atoms with Crippen molar-refractivity contribution in [2.75, 3.05) is 26.2 Å². The Morgan fingerprint density at radius 2 is 1.96 bits per heavy atom. The standard InChI is InChI=1S/C19H29N3O5/c1-13-6-5-9-21(10-13)15(23)12-27-16(24)11-22-17(25)19(20-18(22)26)8-4-3-7-14(19)2/h13-14H,3-12H2,1-2H3,(H,20,26)/t13-,14-,19-/m0/s1. The average molecular weight is 379 g/mol. The van der Waals surface area contributed by atoms with Crippen molar-refractivity contribution in [1.82, 2.24) is 15.1 Å². The lowest BCUT2D eigenvalue weighted by molar-refractivity contribution is -0.154. The van der Waals surface area contributed by atoms with Gasteiger partial charge >= 0.3 is 12.0 Å². The molecule has 1 saturated carbocycles. The van der Waals surface area contributed by atoms with E-state index in [1.165, 1.54) is 0 Å². The molecule has 3 rings (SSSR count). The minimum Gasteiger partial charge on any atom is -0.454 e. The van der Waals surface area contributed by atoms with Gasteiger partial charge in [0.2, 0.25) is 0 Å². The summed E-state index contributed by atoms with van der Waals surface area (Å²) in [5, 5.41) is 2.80. The number of carbonyl (C=O) groups excluding carboxylic acids is 4. The number of nitrogens with one attached hydrogen (secondary N) is 1. The highest BCUT2D eigenvalue weighted by atomic mass is 16.5. The Bertz CT molecular complexity index is 637. The summed E-state index contributed by atoms with van der Waals surface area (Å²) < 4.78 is 5.05. The van der Waals surface area contributed by atoms with Gasteiger partial charge in [0, 0.05) is 13.1 Å². The zero-order valence-corrected chi connectivity index (χ0v) is 16.2. The normalized spacial score (nSPS) is 31.2. The van der Waals surface area contributed by atoms with E-state index in [1.54, 1.807) is 4.90 Å². The fraction of sp³-hybridized carbons (Fsp3) is 0.789. The second-order valence-electron chi connectivity index (χ2n) is 8.19. The molecule has 3 fully saturated rings. The van der Waals surface area contributed by atoms with E-state index in [0.717, 1.165) is 37.0 Å². The van der Waals surface area contributed by atoms with Gasteiger partial charge in [0.05, 0.1) is 0 Å². The van der Waals surface area contributed by atoms with Crippen LogP contribution >= 0.6 is 0 Å². The third-order valence-corrected chi connectivity index (χ3v) is 6.16. The maximum absolute atomic E-state index is 12.8. The van der Waals surface area contributed by atoms with E-state index in [0.29, 0.717) is 25.4 Å². The van der Waals surface area contributed by atoms with Gasteiger partial charge in [-0.25, -0.2) is 4.79 Å². The Kier molecular flexibility index (Phi) is 5.72. The van der Waals surface area contributed by atoms with Crippen LogP contribution in [-0.2, 0) is 19.1 Å². The average Bonchev–Trinajstić information content (AvgIpc) is 2.87. The van der Waals surface area contributed by atoms with Crippen molar-refractivity contribution in [3.05, 3.63) is 0 Å². The highest BCUT2D eigenvalue weighted by Gasteiger charge is 2.55. The number of likely N-dealkylation sites (tertiary alicyclic amines) is 1. The second kappa shape index (κ2) is 7.86. The van der Waals surface area contributed by atoms with Crippen molar-refractivity contribution in [3.63, 3.8) is 0 Å². The molecule has 150 valence electrons. The first kappa shape index (κ1) is 19.6. The first-order chi connectivity index (χ1) is 12.8. The van der Waals surface area contributed by atoms with Gasteiger partial charge < -0.3 is 15.0 Å². The molecule has 27 heavy (non-hydrogen) atoms. The number of urea groups is 1. The van der Waals surface area contributed by atoms with Crippen LogP contribution in [0.25, 0.3) is 0 Å². The number of carbonyl (C=O) groups is 4. The predicted octanol–water partition coefficient (Wildman–Crippen LogP) is 1.29. The monoisotopic (exact) mass is 379 g/mol. The van der Waals surface area contributed by atoms with Gasteiger partial charge in [-0.2, -0.15) is 0 Å². The molecule has 0 unspecified atom stereocenters. The summed E-state index contributed by atoms with van der Waals surface area (Å²) in [5.41, 5.74) is -0.893. The van der Waals surface area contributed by atoms with E-state index in [4.69, 9.17) is 4.74 Å². The SMILES string of the molecule is C[C@H]1CCCN(C(=O)COC(=O)CN2C(=O)N[C@]3(CCCC[C@@H]3C)C2=O)C1. The Morgan fingerprint density at radius 1 is 1.19 bits per heavy atom. The highest BCUT2D eigenvalue weighted by molar-refractivity contribution is 6.09. The number of imide groups is 1. The van der Waals surface area contributed by atoms with E-state index in [1.807, 2.05) is 6.92 Å². The summed E-state index contributed by atoms with van der Waals surface area (Å²) in [6.07, 6.45) is 5.41. The lowest BCUT2D eigenvalue weighted by atomic mass is 9.73. The quantitative estimate of drug-likeness (QED) is 0.586. The largest absolute Gasteiger partial charge is 0.454 e. The molecule has 2 heterocycles. The van der Waals surface area contributed by atoms with Crippen LogP contribution in [0.3, 0.4) is 0 Å². The fourth-order valence-corrected chi connectivity index (χ4v) is 4.46. The summed E-state index contributed by atoms with van der Waals surface area (Å²) in [6, 6.07) is -0.554. The van der Waals surface area contributed by atoms with Crippen LogP contribution in [0.2, 0.25) is 0 Å². The van der Waals surface area contributed by atoms with Crippen molar-refractivity contribution in [2.45, 2.75) is 57.9 Å². The van der Waals surface area contributed by atoms with E-state index in [2.05, 4.69) is 12.2 Å². The van der Waals surface area contributed by atoms with E-state index in [9.17, 15) is 19.2 Å². The third kappa shape index (κ3) is 3.94. The summed E-state index contributed by atoms with van der Waals surface area (Å²) in [5.74, 6) is -0.848. The molecule has 2 aliphatic heterocycles. The first-order valence-electron chi connectivity index (χ1n) is 9.91. The minimum absolute atomic E-state index is 0.0337. The van der Waals surface area contributed by atoms with E-state index in [-0.39, 0.29) is 24.3 Å². The molecule has 2 saturated heterocycles. The zero-order chi connectivity index (χ0) is 19.6. The van der Waals surface area contributed by atoms with Gasteiger partial charge in [-0.1, -0.05) is 26.7 Å². The molecule has 3 aliphatic rings. The molecular formula is C19H29N3O5. The molecule has 8 nitrogen and oxygen atoms in total. The van der Waals surface area contributed by atoms with Crippen molar-refractivity contribution < 1.29 is 23.9 Å². The van der Waals surface area contributed by atoms with Crippen LogP contribution in [0, 0.1) is 11.8 Å². The van der Waals surface area contributed by atoms with Crippen LogP contribution in [0.15, 0.2) is 0 Å². The van der Waals surface area contributed by atoms with E-state index >= 15 is 0 Å². The molecule has 1 spiro atoms. The van der Waals surface area contributed by atoms with Gasteiger partial charge in [0.1, 0.15) is 12.1 Å².